The molecule has 1 fully saturated rings. The SMILES string of the molecule is O=CC(NSc1ccc(OCC2CCCCC2)cc1)C(F)(F)c1ccc(Oc2ccccc2)cc1. The van der Waals surface area contributed by atoms with Crippen molar-refractivity contribution in [1.29, 1.82) is 0 Å². The lowest BCUT2D eigenvalue weighted by atomic mass is 9.90. The van der Waals surface area contributed by atoms with Crippen molar-refractivity contribution in [2.45, 2.75) is 49.0 Å². The van der Waals surface area contributed by atoms with Crippen LogP contribution >= 0.6 is 11.9 Å². The molecule has 3 aromatic rings. The first-order chi connectivity index (χ1) is 17.0. The lowest BCUT2D eigenvalue weighted by Gasteiger charge is -2.24. The van der Waals surface area contributed by atoms with E-state index in [9.17, 15) is 4.79 Å². The Hall–Kier alpha value is -2.90. The second kappa shape index (κ2) is 12.2. The molecule has 0 aliphatic heterocycles. The minimum Gasteiger partial charge on any atom is -0.493 e. The average Bonchev–Trinajstić information content (AvgIpc) is 2.90. The zero-order chi connectivity index (χ0) is 24.5. The number of hydrogen-bond donors (Lipinski definition) is 1. The number of aldehydes is 1. The van der Waals surface area contributed by atoms with E-state index in [4.69, 9.17) is 9.47 Å². The molecule has 0 radical (unpaired) electrons. The van der Waals surface area contributed by atoms with Crippen molar-refractivity contribution in [3.63, 3.8) is 0 Å². The van der Waals surface area contributed by atoms with Crippen LogP contribution in [-0.2, 0) is 10.7 Å². The van der Waals surface area contributed by atoms with E-state index in [1.165, 1.54) is 56.4 Å². The summed E-state index contributed by atoms with van der Waals surface area (Å²) in [6.07, 6.45) is 6.50. The van der Waals surface area contributed by atoms with Crippen LogP contribution in [0.3, 0.4) is 0 Å². The molecule has 0 amide bonds. The lowest BCUT2D eigenvalue weighted by molar-refractivity contribution is -0.119. The molecule has 0 bridgehead atoms. The van der Waals surface area contributed by atoms with Gasteiger partial charge in [-0.1, -0.05) is 37.5 Å². The first-order valence-corrected chi connectivity index (χ1v) is 12.7. The largest absolute Gasteiger partial charge is 0.493 e. The predicted octanol–water partition coefficient (Wildman–Crippen LogP) is 7.39. The Morgan fingerprint density at radius 1 is 0.886 bits per heavy atom. The minimum atomic E-state index is -3.40. The lowest BCUT2D eigenvalue weighted by Crippen LogP contribution is -2.41. The van der Waals surface area contributed by atoms with E-state index in [0.29, 0.717) is 28.9 Å². The fourth-order valence-corrected chi connectivity index (χ4v) is 4.78. The Labute approximate surface area is 209 Å². The fourth-order valence-electron chi connectivity index (χ4n) is 4.04. The Kier molecular flexibility index (Phi) is 8.77. The highest BCUT2D eigenvalue weighted by Crippen LogP contribution is 2.34. The van der Waals surface area contributed by atoms with Gasteiger partial charge in [0.2, 0.25) is 0 Å². The highest BCUT2D eigenvalue weighted by atomic mass is 32.2. The Morgan fingerprint density at radius 2 is 1.51 bits per heavy atom. The number of para-hydroxylation sites is 1. The van der Waals surface area contributed by atoms with Gasteiger partial charge in [0.15, 0.2) is 0 Å². The van der Waals surface area contributed by atoms with E-state index in [0.717, 1.165) is 17.7 Å². The molecule has 0 spiro atoms. The molecule has 3 aromatic carbocycles. The summed E-state index contributed by atoms with van der Waals surface area (Å²) in [5, 5.41) is 0. The van der Waals surface area contributed by atoms with Gasteiger partial charge in [-0.15, -0.1) is 0 Å². The standard InChI is InChI=1S/C28H29F2NO3S/c29-28(30,22-11-13-25(14-12-22)34-24-9-5-2-6-10-24)27(19-32)31-35-26-17-15-23(16-18-26)33-20-21-7-3-1-4-8-21/h2,5-6,9-19,21,27,31H,1,3-4,7-8,20H2. The Morgan fingerprint density at radius 3 is 2.17 bits per heavy atom. The molecule has 1 aliphatic rings. The summed E-state index contributed by atoms with van der Waals surface area (Å²) in [7, 11) is 0. The molecule has 1 N–H and O–H groups in total. The first-order valence-electron chi connectivity index (χ1n) is 11.9. The van der Waals surface area contributed by atoms with Gasteiger partial charge in [-0.3, -0.25) is 0 Å². The molecule has 1 atom stereocenters. The predicted molar refractivity (Wildman–Crippen MR) is 134 cm³/mol. The van der Waals surface area contributed by atoms with E-state index in [1.807, 2.05) is 30.3 Å². The van der Waals surface area contributed by atoms with E-state index in [2.05, 4.69) is 4.72 Å². The summed E-state index contributed by atoms with van der Waals surface area (Å²) >= 11 is 0.993. The van der Waals surface area contributed by atoms with Crippen LogP contribution in [0.5, 0.6) is 17.2 Å². The van der Waals surface area contributed by atoms with Crippen LogP contribution in [0.2, 0.25) is 0 Å². The van der Waals surface area contributed by atoms with Crippen molar-refractivity contribution < 1.29 is 23.0 Å². The van der Waals surface area contributed by atoms with Gasteiger partial charge in [0.05, 0.1) is 6.61 Å². The normalized spacial score (nSPS) is 15.4. The Bertz CT molecular complexity index is 1060. The number of alkyl halides is 2. The number of ether oxygens (including phenoxy) is 2. The number of benzene rings is 3. The van der Waals surface area contributed by atoms with Gasteiger partial charge < -0.3 is 14.3 Å². The van der Waals surface area contributed by atoms with E-state index < -0.39 is 12.0 Å². The number of carbonyl (C=O) groups excluding carboxylic acids is 1. The zero-order valence-corrected chi connectivity index (χ0v) is 20.2. The van der Waals surface area contributed by atoms with Gasteiger partial charge in [0.25, 0.3) is 5.92 Å². The maximum atomic E-state index is 15.1. The van der Waals surface area contributed by atoms with Crippen LogP contribution in [0.4, 0.5) is 8.78 Å². The van der Waals surface area contributed by atoms with Crippen LogP contribution in [0.25, 0.3) is 0 Å². The third-order valence-electron chi connectivity index (χ3n) is 6.08. The van der Waals surface area contributed by atoms with Crippen molar-refractivity contribution in [1.82, 2.24) is 4.72 Å². The summed E-state index contributed by atoms with van der Waals surface area (Å²) < 4.78 is 44.3. The zero-order valence-electron chi connectivity index (χ0n) is 19.4. The number of hydrogen-bond acceptors (Lipinski definition) is 5. The monoisotopic (exact) mass is 497 g/mol. The maximum Gasteiger partial charge on any atom is 0.295 e. The van der Waals surface area contributed by atoms with Crippen molar-refractivity contribution in [2.75, 3.05) is 6.61 Å². The topological polar surface area (TPSA) is 47.6 Å². The highest BCUT2D eigenvalue weighted by Gasteiger charge is 2.41. The average molecular weight is 498 g/mol. The van der Waals surface area contributed by atoms with Crippen LogP contribution < -0.4 is 14.2 Å². The molecule has 0 heterocycles. The molecular formula is C28H29F2NO3S. The molecule has 35 heavy (non-hydrogen) atoms. The molecular weight excluding hydrogens is 468 g/mol. The molecule has 7 heteroatoms. The van der Waals surface area contributed by atoms with Gasteiger partial charge in [-0.25, -0.2) is 4.72 Å². The van der Waals surface area contributed by atoms with E-state index >= 15 is 8.78 Å². The molecule has 4 nitrogen and oxygen atoms in total. The van der Waals surface area contributed by atoms with Gasteiger partial charge >= 0.3 is 0 Å². The molecule has 1 aliphatic carbocycles. The summed E-state index contributed by atoms with van der Waals surface area (Å²) in [4.78, 5) is 12.3. The summed E-state index contributed by atoms with van der Waals surface area (Å²) in [6.45, 7) is 0.708. The second-order valence-electron chi connectivity index (χ2n) is 8.68. The number of carbonyl (C=O) groups is 1. The smallest absolute Gasteiger partial charge is 0.295 e. The Balaban J connectivity index is 1.31. The van der Waals surface area contributed by atoms with Crippen molar-refractivity contribution in [2.24, 2.45) is 5.92 Å². The second-order valence-corrected chi connectivity index (χ2v) is 9.59. The molecule has 0 saturated heterocycles. The summed E-state index contributed by atoms with van der Waals surface area (Å²) in [5.41, 5.74) is -0.269. The van der Waals surface area contributed by atoms with Crippen LogP contribution in [-0.4, -0.2) is 18.9 Å². The summed E-state index contributed by atoms with van der Waals surface area (Å²) in [6, 6.07) is 20.1. The number of nitrogens with one attached hydrogen (secondary N) is 1. The number of rotatable bonds is 11. The fraction of sp³-hybridized carbons (Fsp3) is 0.321. The molecule has 4 rings (SSSR count). The minimum absolute atomic E-state index is 0.239. The third kappa shape index (κ3) is 7.05. The maximum absolute atomic E-state index is 15.1. The molecule has 184 valence electrons. The summed E-state index contributed by atoms with van der Waals surface area (Å²) in [5.74, 6) is -0.986. The van der Waals surface area contributed by atoms with Crippen LogP contribution in [0.1, 0.15) is 37.7 Å². The third-order valence-corrected chi connectivity index (χ3v) is 6.96. The van der Waals surface area contributed by atoms with Gasteiger partial charge in [-0.05, 0) is 91.4 Å². The van der Waals surface area contributed by atoms with Crippen molar-refractivity contribution in [3.05, 3.63) is 84.4 Å². The van der Waals surface area contributed by atoms with E-state index in [1.54, 1.807) is 24.3 Å². The van der Waals surface area contributed by atoms with Crippen molar-refractivity contribution >= 4 is 18.2 Å². The van der Waals surface area contributed by atoms with Gasteiger partial charge in [0.1, 0.15) is 29.6 Å². The van der Waals surface area contributed by atoms with Gasteiger partial charge in [-0.2, -0.15) is 8.78 Å². The van der Waals surface area contributed by atoms with E-state index in [-0.39, 0.29) is 11.8 Å². The van der Waals surface area contributed by atoms with Crippen molar-refractivity contribution in [3.8, 4) is 17.2 Å². The van der Waals surface area contributed by atoms with Crippen LogP contribution in [0.15, 0.2) is 83.8 Å². The van der Waals surface area contributed by atoms with Crippen LogP contribution in [0, 0.1) is 5.92 Å². The number of halogens is 2. The first kappa shape index (κ1) is 25.2. The van der Waals surface area contributed by atoms with Gasteiger partial charge in [0, 0.05) is 10.5 Å². The molecule has 0 aromatic heterocycles. The molecule has 1 unspecified atom stereocenters. The quantitative estimate of drug-likeness (QED) is 0.221. The molecule has 1 saturated carbocycles. The highest BCUT2D eigenvalue weighted by molar-refractivity contribution is 7.97.